The lowest BCUT2D eigenvalue weighted by Crippen LogP contribution is -2.22. The SMILES string of the molecule is CCOc1cc(/C=C2/NC(=O)NC2=O)cc(I)c1OCc1cccc(C)c1. The normalized spacial score (nSPS) is 14.9. The van der Waals surface area contributed by atoms with Crippen molar-refractivity contribution in [2.24, 2.45) is 0 Å². The molecule has 2 aromatic carbocycles. The number of hydrogen-bond acceptors (Lipinski definition) is 4. The highest BCUT2D eigenvalue weighted by atomic mass is 127. The van der Waals surface area contributed by atoms with Gasteiger partial charge in [0.2, 0.25) is 0 Å². The molecule has 0 spiro atoms. The highest BCUT2D eigenvalue weighted by molar-refractivity contribution is 14.1. The number of ether oxygens (including phenoxy) is 2. The smallest absolute Gasteiger partial charge is 0.326 e. The number of halogens is 1. The summed E-state index contributed by atoms with van der Waals surface area (Å²) in [6, 6.07) is 11.3. The molecule has 0 atom stereocenters. The average molecular weight is 478 g/mol. The Hall–Kier alpha value is -2.55. The van der Waals surface area contributed by atoms with Gasteiger partial charge in [0.1, 0.15) is 12.3 Å². The van der Waals surface area contributed by atoms with Gasteiger partial charge < -0.3 is 14.8 Å². The summed E-state index contributed by atoms with van der Waals surface area (Å²) >= 11 is 2.17. The molecular formula is C20H19IN2O4. The van der Waals surface area contributed by atoms with Gasteiger partial charge in [-0.3, -0.25) is 10.1 Å². The number of carbonyl (C=O) groups is 2. The number of rotatable bonds is 6. The Balaban J connectivity index is 1.87. The first kappa shape index (κ1) is 19.2. The molecule has 0 aromatic heterocycles. The summed E-state index contributed by atoms with van der Waals surface area (Å²) in [7, 11) is 0. The molecule has 0 unspecified atom stereocenters. The van der Waals surface area contributed by atoms with Crippen molar-refractivity contribution in [2.75, 3.05) is 6.61 Å². The molecule has 3 amide bonds. The minimum Gasteiger partial charge on any atom is -0.490 e. The molecule has 0 saturated carbocycles. The van der Waals surface area contributed by atoms with E-state index < -0.39 is 11.9 Å². The van der Waals surface area contributed by atoms with Gasteiger partial charge in [-0.1, -0.05) is 29.8 Å². The second-order valence-electron chi connectivity index (χ2n) is 6.01. The maximum Gasteiger partial charge on any atom is 0.326 e. The van der Waals surface area contributed by atoms with Crippen LogP contribution in [0.4, 0.5) is 4.79 Å². The van der Waals surface area contributed by atoms with Crippen molar-refractivity contribution in [3.63, 3.8) is 0 Å². The number of carbonyl (C=O) groups excluding carboxylic acids is 2. The van der Waals surface area contributed by atoms with E-state index >= 15 is 0 Å². The fraction of sp³-hybridized carbons (Fsp3) is 0.200. The lowest BCUT2D eigenvalue weighted by molar-refractivity contribution is -0.115. The summed E-state index contributed by atoms with van der Waals surface area (Å²) in [6.07, 6.45) is 1.61. The van der Waals surface area contributed by atoms with E-state index in [4.69, 9.17) is 9.47 Å². The molecule has 6 nitrogen and oxygen atoms in total. The van der Waals surface area contributed by atoms with Crippen LogP contribution >= 0.6 is 22.6 Å². The van der Waals surface area contributed by atoms with E-state index in [0.717, 1.165) is 14.7 Å². The largest absolute Gasteiger partial charge is 0.490 e. The van der Waals surface area contributed by atoms with Crippen LogP contribution in [0.5, 0.6) is 11.5 Å². The Morgan fingerprint density at radius 1 is 1.11 bits per heavy atom. The van der Waals surface area contributed by atoms with Crippen LogP contribution in [-0.4, -0.2) is 18.5 Å². The van der Waals surface area contributed by atoms with Gasteiger partial charge in [0, 0.05) is 0 Å². The van der Waals surface area contributed by atoms with Crippen LogP contribution in [-0.2, 0) is 11.4 Å². The highest BCUT2D eigenvalue weighted by Crippen LogP contribution is 2.35. The van der Waals surface area contributed by atoms with E-state index in [-0.39, 0.29) is 5.70 Å². The summed E-state index contributed by atoms with van der Waals surface area (Å²) in [5, 5.41) is 4.66. The van der Waals surface area contributed by atoms with E-state index in [2.05, 4.69) is 39.3 Å². The molecule has 1 aliphatic rings. The van der Waals surface area contributed by atoms with Crippen molar-refractivity contribution in [1.29, 1.82) is 0 Å². The van der Waals surface area contributed by atoms with Gasteiger partial charge in [0.15, 0.2) is 11.5 Å². The van der Waals surface area contributed by atoms with Crippen molar-refractivity contribution in [1.82, 2.24) is 10.6 Å². The quantitative estimate of drug-likeness (QED) is 0.377. The molecule has 0 bridgehead atoms. The summed E-state index contributed by atoms with van der Waals surface area (Å²) < 4.78 is 12.6. The molecule has 1 fully saturated rings. The topological polar surface area (TPSA) is 76.7 Å². The van der Waals surface area contributed by atoms with Crippen LogP contribution in [0.1, 0.15) is 23.6 Å². The maximum atomic E-state index is 11.7. The van der Waals surface area contributed by atoms with Crippen LogP contribution in [0.15, 0.2) is 42.1 Å². The Bertz CT molecular complexity index is 924. The molecule has 0 aliphatic carbocycles. The monoisotopic (exact) mass is 478 g/mol. The van der Waals surface area contributed by atoms with Gasteiger partial charge in [-0.05, 0) is 65.8 Å². The van der Waals surface area contributed by atoms with Crippen LogP contribution in [0.25, 0.3) is 6.08 Å². The fourth-order valence-electron chi connectivity index (χ4n) is 2.68. The Morgan fingerprint density at radius 2 is 1.93 bits per heavy atom. The average Bonchev–Trinajstić information content (AvgIpc) is 2.91. The third-order valence-corrected chi connectivity index (χ3v) is 4.63. The molecule has 140 valence electrons. The maximum absolute atomic E-state index is 11.7. The zero-order chi connectivity index (χ0) is 19.4. The van der Waals surface area contributed by atoms with E-state index in [9.17, 15) is 9.59 Å². The molecule has 3 rings (SSSR count). The Morgan fingerprint density at radius 3 is 2.59 bits per heavy atom. The summed E-state index contributed by atoms with van der Waals surface area (Å²) in [5.41, 5.74) is 3.18. The van der Waals surface area contributed by atoms with Gasteiger partial charge in [0.25, 0.3) is 5.91 Å². The van der Waals surface area contributed by atoms with Crippen molar-refractivity contribution in [2.45, 2.75) is 20.5 Å². The fourth-order valence-corrected chi connectivity index (χ4v) is 3.46. The van der Waals surface area contributed by atoms with Crippen molar-refractivity contribution in [3.05, 3.63) is 62.4 Å². The van der Waals surface area contributed by atoms with Gasteiger partial charge in [-0.2, -0.15) is 0 Å². The number of urea groups is 1. The predicted octanol–water partition coefficient (Wildman–Crippen LogP) is 3.76. The van der Waals surface area contributed by atoms with E-state index in [1.807, 2.05) is 38.1 Å². The lowest BCUT2D eigenvalue weighted by atomic mass is 10.1. The third-order valence-electron chi connectivity index (χ3n) is 3.83. The van der Waals surface area contributed by atoms with Gasteiger partial charge in [-0.15, -0.1) is 0 Å². The van der Waals surface area contributed by atoms with E-state index in [0.29, 0.717) is 24.7 Å². The van der Waals surface area contributed by atoms with E-state index in [1.54, 1.807) is 12.1 Å². The van der Waals surface area contributed by atoms with E-state index in [1.165, 1.54) is 5.56 Å². The Kier molecular flexibility index (Phi) is 6.00. The number of hydrogen-bond donors (Lipinski definition) is 2. The van der Waals surface area contributed by atoms with Crippen LogP contribution in [0, 0.1) is 10.5 Å². The van der Waals surface area contributed by atoms with Crippen LogP contribution < -0.4 is 20.1 Å². The number of benzene rings is 2. The number of aryl methyl sites for hydroxylation is 1. The number of amides is 3. The number of imide groups is 1. The molecule has 0 radical (unpaired) electrons. The highest BCUT2D eigenvalue weighted by Gasteiger charge is 2.23. The van der Waals surface area contributed by atoms with Gasteiger partial charge in [0.05, 0.1) is 10.2 Å². The summed E-state index contributed by atoms with van der Waals surface area (Å²) in [6.45, 7) is 4.84. The summed E-state index contributed by atoms with van der Waals surface area (Å²) in [4.78, 5) is 23.0. The molecule has 1 saturated heterocycles. The second-order valence-corrected chi connectivity index (χ2v) is 7.17. The number of nitrogens with one attached hydrogen (secondary N) is 2. The van der Waals surface area contributed by atoms with Crippen LogP contribution in [0.2, 0.25) is 0 Å². The first-order chi connectivity index (χ1) is 13.0. The van der Waals surface area contributed by atoms with Crippen molar-refractivity contribution in [3.8, 4) is 11.5 Å². The molecule has 2 N–H and O–H groups in total. The first-order valence-electron chi connectivity index (χ1n) is 8.45. The second kappa shape index (κ2) is 8.43. The van der Waals surface area contributed by atoms with Gasteiger partial charge in [-0.25, -0.2) is 4.79 Å². The molecule has 1 heterocycles. The molecule has 27 heavy (non-hydrogen) atoms. The molecule has 2 aromatic rings. The first-order valence-corrected chi connectivity index (χ1v) is 9.53. The standard InChI is InChI=1S/C20H19IN2O4/c1-3-26-17-10-14(9-16-19(24)23-20(25)22-16)8-15(21)18(17)27-11-13-6-4-5-12(2)7-13/h4-10H,3,11H2,1-2H3,(H2,22,23,24,25)/b16-9+. The van der Waals surface area contributed by atoms with Crippen LogP contribution in [0.3, 0.4) is 0 Å². The minimum absolute atomic E-state index is 0.201. The summed E-state index contributed by atoms with van der Waals surface area (Å²) in [5.74, 6) is 0.794. The van der Waals surface area contributed by atoms with Crippen molar-refractivity contribution >= 4 is 40.6 Å². The third kappa shape index (κ3) is 4.79. The Labute approximate surface area is 171 Å². The zero-order valence-electron chi connectivity index (χ0n) is 15.0. The molecule has 1 aliphatic heterocycles. The molecular weight excluding hydrogens is 459 g/mol. The van der Waals surface area contributed by atoms with Crippen molar-refractivity contribution < 1.29 is 19.1 Å². The predicted molar refractivity (Wildman–Crippen MR) is 110 cm³/mol. The molecule has 7 heteroatoms. The minimum atomic E-state index is -0.524. The van der Waals surface area contributed by atoms with Gasteiger partial charge >= 0.3 is 6.03 Å². The zero-order valence-corrected chi connectivity index (χ0v) is 17.1. The lowest BCUT2D eigenvalue weighted by Gasteiger charge is -2.15.